The van der Waals surface area contributed by atoms with Crippen LogP contribution in [0.2, 0.25) is 0 Å². The summed E-state index contributed by atoms with van der Waals surface area (Å²) in [6, 6.07) is 25.1. The van der Waals surface area contributed by atoms with E-state index in [0.717, 1.165) is 23.3 Å². The molecule has 3 aromatic rings. The molecule has 3 aromatic carbocycles. The molecule has 0 spiro atoms. The third-order valence-electron chi connectivity index (χ3n) is 4.24. The molecule has 2 nitrogen and oxygen atoms in total. The van der Waals surface area contributed by atoms with Gasteiger partial charge in [0, 0.05) is 10.9 Å². The molecule has 1 N–H and O–H groups in total. The van der Waals surface area contributed by atoms with Crippen LogP contribution in [-0.2, 0) is 4.79 Å². The zero-order chi connectivity index (χ0) is 16.4. The number of carbonyl (C=O) groups is 1. The van der Waals surface area contributed by atoms with E-state index in [2.05, 4.69) is 35.6 Å². The van der Waals surface area contributed by atoms with E-state index in [0.29, 0.717) is 6.04 Å². The van der Waals surface area contributed by atoms with Crippen LogP contribution in [0.4, 0.5) is 0 Å². The van der Waals surface area contributed by atoms with E-state index in [4.69, 9.17) is 0 Å². The molecule has 1 saturated carbocycles. The van der Waals surface area contributed by atoms with Crippen LogP contribution >= 0.6 is 11.8 Å². The van der Waals surface area contributed by atoms with Crippen LogP contribution in [0.3, 0.4) is 0 Å². The monoisotopic (exact) mass is 333 g/mol. The van der Waals surface area contributed by atoms with E-state index < -0.39 is 0 Å². The van der Waals surface area contributed by atoms with E-state index in [1.165, 1.54) is 10.8 Å². The van der Waals surface area contributed by atoms with Crippen molar-refractivity contribution in [2.75, 3.05) is 0 Å². The topological polar surface area (TPSA) is 29.1 Å². The minimum atomic E-state index is -0.215. The number of nitrogens with one attached hydrogen (secondary N) is 1. The van der Waals surface area contributed by atoms with E-state index in [9.17, 15) is 4.79 Å². The van der Waals surface area contributed by atoms with E-state index in [1.807, 2.05) is 42.5 Å². The molecule has 0 radical (unpaired) electrons. The predicted octanol–water partition coefficient (Wildman–Crippen LogP) is 4.95. The Hall–Kier alpha value is -2.26. The molecular formula is C21H19NOS. The highest BCUT2D eigenvalue weighted by atomic mass is 32.2. The summed E-state index contributed by atoms with van der Waals surface area (Å²) in [6.45, 7) is 0. The van der Waals surface area contributed by atoms with Crippen LogP contribution in [0.15, 0.2) is 77.7 Å². The summed E-state index contributed by atoms with van der Waals surface area (Å²) in [5.74, 6) is 0.113. The van der Waals surface area contributed by atoms with Crippen molar-refractivity contribution in [3.05, 3.63) is 78.4 Å². The Kier molecular flexibility index (Phi) is 4.26. The first-order valence-corrected chi connectivity index (χ1v) is 9.18. The molecule has 0 saturated heterocycles. The summed E-state index contributed by atoms with van der Waals surface area (Å²) >= 11 is 1.62. The van der Waals surface area contributed by atoms with Gasteiger partial charge in [0.1, 0.15) is 5.25 Å². The van der Waals surface area contributed by atoms with E-state index in [1.54, 1.807) is 11.8 Å². The van der Waals surface area contributed by atoms with Crippen molar-refractivity contribution in [2.45, 2.75) is 29.0 Å². The third-order valence-corrected chi connectivity index (χ3v) is 5.49. The summed E-state index contributed by atoms with van der Waals surface area (Å²) in [6.07, 6.45) is 2.21. The van der Waals surface area contributed by atoms with Crippen LogP contribution in [0.1, 0.15) is 23.7 Å². The maximum Gasteiger partial charge on any atom is 0.238 e. The van der Waals surface area contributed by atoms with Gasteiger partial charge in [-0.15, -0.1) is 11.8 Å². The van der Waals surface area contributed by atoms with Gasteiger partial charge < -0.3 is 5.32 Å². The van der Waals surface area contributed by atoms with Crippen molar-refractivity contribution in [1.82, 2.24) is 5.32 Å². The number of carbonyl (C=O) groups excluding carboxylic acids is 1. The zero-order valence-corrected chi connectivity index (χ0v) is 14.1. The molecule has 1 aliphatic rings. The molecule has 24 heavy (non-hydrogen) atoms. The van der Waals surface area contributed by atoms with Crippen molar-refractivity contribution in [3.8, 4) is 0 Å². The maximum absolute atomic E-state index is 12.7. The maximum atomic E-state index is 12.7. The van der Waals surface area contributed by atoms with Crippen LogP contribution < -0.4 is 5.32 Å². The Morgan fingerprint density at radius 2 is 1.62 bits per heavy atom. The Balaban J connectivity index is 1.63. The number of amides is 1. The van der Waals surface area contributed by atoms with Gasteiger partial charge in [0.2, 0.25) is 5.91 Å². The Labute approximate surface area is 146 Å². The lowest BCUT2D eigenvalue weighted by atomic mass is 10.1. The predicted molar refractivity (Wildman–Crippen MR) is 100 cm³/mol. The Bertz CT molecular complexity index is 858. The van der Waals surface area contributed by atoms with Gasteiger partial charge in [-0.3, -0.25) is 4.79 Å². The minimum absolute atomic E-state index is 0.113. The van der Waals surface area contributed by atoms with E-state index in [-0.39, 0.29) is 11.2 Å². The molecule has 1 atom stereocenters. The SMILES string of the molecule is O=C(NC1CC1)[C@H](Sc1ccc2ccccc2c1)c1ccccc1. The highest BCUT2D eigenvalue weighted by Gasteiger charge is 2.29. The molecule has 0 unspecified atom stereocenters. The van der Waals surface area contributed by atoms with Gasteiger partial charge in [0.25, 0.3) is 0 Å². The second-order valence-electron chi connectivity index (χ2n) is 6.20. The van der Waals surface area contributed by atoms with Gasteiger partial charge in [0.15, 0.2) is 0 Å². The van der Waals surface area contributed by atoms with Gasteiger partial charge in [-0.05, 0) is 41.3 Å². The van der Waals surface area contributed by atoms with Crippen molar-refractivity contribution < 1.29 is 4.79 Å². The normalized spacial score (nSPS) is 15.2. The summed E-state index contributed by atoms with van der Waals surface area (Å²) in [7, 11) is 0. The fraction of sp³-hybridized carbons (Fsp3) is 0.190. The first-order chi connectivity index (χ1) is 11.8. The number of hydrogen-bond donors (Lipinski definition) is 1. The molecule has 4 rings (SSSR count). The third kappa shape index (κ3) is 3.46. The quantitative estimate of drug-likeness (QED) is 0.669. The molecule has 0 aliphatic heterocycles. The second kappa shape index (κ2) is 6.70. The van der Waals surface area contributed by atoms with Gasteiger partial charge in [-0.25, -0.2) is 0 Å². The molecule has 1 fully saturated rings. The molecule has 1 amide bonds. The molecule has 0 aromatic heterocycles. The average molecular weight is 333 g/mol. The van der Waals surface area contributed by atoms with Crippen LogP contribution in [0, 0.1) is 0 Å². The lowest BCUT2D eigenvalue weighted by molar-refractivity contribution is -0.120. The van der Waals surface area contributed by atoms with Gasteiger partial charge in [0.05, 0.1) is 0 Å². The average Bonchev–Trinajstić information content (AvgIpc) is 3.44. The summed E-state index contributed by atoms with van der Waals surface area (Å²) in [4.78, 5) is 13.8. The van der Waals surface area contributed by atoms with Crippen molar-refractivity contribution >= 4 is 28.4 Å². The zero-order valence-electron chi connectivity index (χ0n) is 13.3. The number of thioether (sulfide) groups is 1. The largest absolute Gasteiger partial charge is 0.352 e. The molecule has 0 bridgehead atoms. The molecular weight excluding hydrogens is 314 g/mol. The highest BCUT2D eigenvalue weighted by molar-refractivity contribution is 8.00. The molecule has 1 aliphatic carbocycles. The highest BCUT2D eigenvalue weighted by Crippen LogP contribution is 2.37. The Morgan fingerprint density at radius 1 is 0.917 bits per heavy atom. The van der Waals surface area contributed by atoms with E-state index >= 15 is 0 Å². The van der Waals surface area contributed by atoms with Gasteiger partial charge in [-0.1, -0.05) is 60.7 Å². The smallest absolute Gasteiger partial charge is 0.238 e. The summed E-state index contributed by atoms with van der Waals surface area (Å²) in [5.41, 5.74) is 1.05. The number of hydrogen-bond acceptors (Lipinski definition) is 2. The second-order valence-corrected chi connectivity index (χ2v) is 7.38. The number of fused-ring (bicyclic) bond motifs is 1. The fourth-order valence-corrected chi connectivity index (χ4v) is 3.86. The lowest BCUT2D eigenvalue weighted by Crippen LogP contribution is -2.29. The standard InChI is InChI=1S/C21H19NOS/c23-21(22-18-11-12-18)20(16-7-2-1-3-8-16)24-19-13-10-15-6-4-5-9-17(15)14-19/h1-10,13-14,18,20H,11-12H2,(H,22,23)/t20-/m1/s1. The van der Waals surface area contributed by atoms with Crippen molar-refractivity contribution in [1.29, 1.82) is 0 Å². The molecule has 3 heteroatoms. The van der Waals surface area contributed by atoms with Crippen molar-refractivity contribution in [2.24, 2.45) is 0 Å². The van der Waals surface area contributed by atoms with Gasteiger partial charge in [-0.2, -0.15) is 0 Å². The minimum Gasteiger partial charge on any atom is -0.352 e. The van der Waals surface area contributed by atoms with Crippen LogP contribution in [-0.4, -0.2) is 11.9 Å². The lowest BCUT2D eigenvalue weighted by Gasteiger charge is -2.17. The summed E-state index contributed by atoms with van der Waals surface area (Å²) in [5, 5.41) is 5.36. The van der Waals surface area contributed by atoms with Gasteiger partial charge >= 0.3 is 0 Å². The number of benzene rings is 3. The van der Waals surface area contributed by atoms with Crippen LogP contribution in [0.5, 0.6) is 0 Å². The fourth-order valence-electron chi connectivity index (χ4n) is 2.78. The first kappa shape index (κ1) is 15.3. The van der Waals surface area contributed by atoms with Crippen molar-refractivity contribution in [3.63, 3.8) is 0 Å². The first-order valence-electron chi connectivity index (χ1n) is 8.30. The van der Waals surface area contributed by atoms with Crippen LogP contribution in [0.25, 0.3) is 10.8 Å². The molecule has 0 heterocycles. The summed E-state index contributed by atoms with van der Waals surface area (Å²) < 4.78 is 0. The molecule has 120 valence electrons. The number of rotatable bonds is 5. The Morgan fingerprint density at radius 3 is 2.38 bits per heavy atom.